The molecule has 35 heavy (non-hydrogen) atoms. The average Bonchev–Trinajstić information content (AvgIpc) is 2.87. The van der Waals surface area contributed by atoms with Gasteiger partial charge in [0.2, 0.25) is 0 Å². The molecule has 1 aromatic rings. The molecule has 0 saturated heterocycles. The summed E-state index contributed by atoms with van der Waals surface area (Å²) in [5.41, 5.74) is 2.74. The van der Waals surface area contributed by atoms with Gasteiger partial charge in [-0.05, 0) is 67.4 Å². The standard InChI is InChI=1S/C29H42O6/c1-20(2)6-5-7-23-8-10-24(11-9-23)25-12-14-26(15-13-25)27(18-34-28(32)21(3)16-30)19-35-29(33)22(4)17-31/h8-11,20,25-27,30-31H,3-7,12-19H2,1-2H3. The predicted octanol–water partition coefficient (Wildman–Crippen LogP) is 4.74. The molecule has 0 spiro atoms. The molecule has 1 saturated carbocycles. The largest absolute Gasteiger partial charge is 0.462 e. The van der Waals surface area contributed by atoms with Crippen LogP contribution in [0.4, 0.5) is 0 Å². The molecule has 2 N–H and O–H groups in total. The molecule has 0 bridgehead atoms. The maximum atomic E-state index is 12.0. The van der Waals surface area contributed by atoms with Crippen LogP contribution in [-0.2, 0) is 25.5 Å². The molecule has 1 aromatic carbocycles. The number of esters is 2. The van der Waals surface area contributed by atoms with E-state index in [-0.39, 0.29) is 36.2 Å². The Balaban J connectivity index is 1.93. The van der Waals surface area contributed by atoms with Gasteiger partial charge in [0.1, 0.15) is 0 Å². The SMILES string of the molecule is C=C(CO)C(=O)OCC(COC(=O)C(=C)CO)C1CCC(c2ccc(CCCC(C)C)cc2)CC1. The molecule has 194 valence electrons. The molecule has 0 amide bonds. The van der Waals surface area contributed by atoms with Gasteiger partial charge in [0.05, 0.1) is 37.6 Å². The number of aryl methyl sites for hydroxylation is 1. The third-order valence-electron chi connectivity index (χ3n) is 6.95. The van der Waals surface area contributed by atoms with Crippen LogP contribution < -0.4 is 0 Å². The summed E-state index contributed by atoms with van der Waals surface area (Å²) < 4.78 is 10.7. The Labute approximate surface area is 210 Å². The summed E-state index contributed by atoms with van der Waals surface area (Å²) in [5.74, 6) is -0.0130. The summed E-state index contributed by atoms with van der Waals surface area (Å²) in [6.45, 7) is 10.7. The van der Waals surface area contributed by atoms with Crippen LogP contribution in [0.2, 0.25) is 0 Å². The lowest BCUT2D eigenvalue weighted by Gasteiger charge is -2.33. The number of rotatable bonds is 14. The topological polar surface area (TPSA) is 93.1 Å². The molecule has 0 unspecified atom stereocenters. The number of carbonyl (C=O) groups is 2. The number of aliphatic hydroxyl groups excluding tert-OH is 2. The maximum Gasteiger partial charge on any atom is 0.335 e. The van der Waals surface area contributed by atoms with Gasteiger partial charge < -0.3 is 19.7 Å². The quantitative estimate of drug-likeness (QED) is 0.291. The van der Waals surface area contributed by atoms with Gasteiger partial charge in [-0.1, -0.05) is 57.7 Å². The molecule has 0 heterocycles. The number of hydrogen-bond donors (Lipinski definition) is 2. The second-order valence-electron chi connectivity index (χ2n) is 10.1. The Morgan fingerprint density at radius 3 is 1.89 bits per heavy atom. The number of carbonyl (C=O) groups excluding carboxylic acids is 2. The lowest BCUT2D eigenvalue weighted by molar-refractivity contribution is -0.146. The van der Waals surface area contributed by atoms with Crippen LogP contribution >= 0.6 is 0 Å². The maximum absolute atomic E-state index is 12.0. The first kappa shape index (κ1) is 28.8. The Morgan fingerprint density at radius 2 is 1.43 bits per heavy atom. The highest BCUT2D eigenvalue weighted by molar-refractivity contribution is 5.88. The van der Waals surface area contributed by atoms with Gasteiger partial charge in [-0.15, -0.1) is 0 Å². The fourth-order valence-corrected chi connectivity index (χ4v) is 4.61. The molecule has 0 aromatic heterocycles. The van der Waals surface area contributed by atoms with E-state index in [9.17, 15) is 9.59 Å². The van der Waals surface area contributed by atoms with Crippen molar-refractivity contribution in [3.8, 4) is 0 Å². The van der Waals surface area contributed by atoms with Crippen LogP contribution in [0, 0.1) is 17.8 Å². The third kappa shape index (κ3) is 9.61. The lowest BCUT2D eigenvalue weighted by Crippen LogP contribution is -2.31. The second-order valence-corrected chi connectivity index (χ2v) is 10.1. The van der Waals surface area contributed by atoms with Crippen molar-refractivity contribution in [3.63, 3.8) is 0 Å². The van der Waals surface area contributed by atoms with Crippen molar-refractivity contribution in [1.29, 1.82) is 0 Å². The molecule has 2 rings (SSSR count). The van der Waals surface area contributed by atoms with Crippen LogP contribution in [-0.4, -0.2) is 48.6 Å². The summed E-state index contributed by atoms with van der Waals surface area (Å²) in [4.78, 5) is 24.0. The first-order valence-corrected chi connectivity index (χ1v) is 12.7. The number of aliphatic hydroxyl groups is 2. The number of ether oxygens (including phenoxy) is 2. The van der Waals surface area contributed by atoms with Gasteiger partial charge in [-0.3, -0.25) is 0 Å². The summed E-state index contributed by atoms with van der Waals surface area (Å²) in [5, 5.41) is 18.2. The molecule has 6 nitrogen and oxygen atoms in total. The van der Waals surface area contributed by atoms with Crippen molar-refractivity contribution in [2.45, 2.75) is 64.7 Å². The van der Waals surface area contributed by atoms with E-state index in [2.05, 4.69) is 51.3 Å². The van der Waals surface area contributed by atoms with E-state index in [4.69, 9.17) is 19.7 Å². The molecular weight excluding hydrogens is 444 g/mol. The van der Waals surface area contributed by atoms with Crippen molar-refractivity contribution in [2.24, 2.45) is 17.8 Å². The Hall–Kier alpha value is -2.44. The first-order valence-electron chi connectivity index (χ1n) is 12.7. The molecule has 0 atom stereocenters. The first-order chi connectivity index (χ1) is 16.7. The highest BCUT2D eigenvalue weighted by Crippen LogP contribution is 2.39. The van der Waals surface area contributed by atoms with Crippen LogP contribution in [0.15, 0.2) is 48.6 Å². The predicted molar refractivity (Wildman–Crippen MR) is 137 cm³/mol. The van der Waals surface area contributed by atoms with Gasteiger partial charge in [0.25, 0.3) is 0 Å². The Kier molecular flexibility index (Phi) is 12.2. The second kappa shape index (κ2) is 14.8. The molecular formula is C29H42O6. The normalized spacial score (nSPS) is 17.9. The van der Waals surface area contributed by atoms with E-state index in [1.165, 1.54) is 24.0 Å². The van der Waals surface area contributed by atoms with Crippen molar-refractivity contribution < 1.29 is 29.3 Å². The van der Waals surface area contributed by atoms with Crippen molar-refractivity contribution >= 4 is 11.9 Å². The fourth-order valence-electron chi connectivity index (χ4n) is 4.61. The highest BCUT2D eigenvalue weighted by atomic mass is 16.5. The molecule has 0 radical (unpaired) electrons. The van der Waals surface area contributed by atoms with Gasteiger partial charge in [-0.2, -0.15) is 0 Å². The van der Waals surface area contributed by atoms with Crippen LogP contribution in [0.25, 0.3) is 0 Å². The zero-order chi connectivity index (χ0) is 25.8. The fraction of sp³-hybridized carbons (Fsp3) is 0.586. The van der Waals surface area contributed by atoms with Crippen LogP contribution in [0.5, 0.6) is 0 Å². The summed E-state index contributed by atoms with van der Waals surface area (Å²) in [7, 11) is 0. The molecule has 0 aliphatic heterocycles. The molecule has 1 aliphatic carbocycles. The van der Waals surface area contributed by atoms with E-state index in [0.717, 1.165) is 38.0 Å². The molecule has 6 heteroatoms. The summed E-state index contributed by atoms with van der Waals surface area (Å²) >= 11 is 0. The van der Waals surface area contributed by atoms with Crippen molar-refractivity contribution in [1.82, 2.24) is 0 Å². The van der Waals surface area contributed by atoms with Crippen LogP contribution in [0.3, 0.4) is 0 Å². The average molecular weight is 487 g/mol. The van der Waals surface area contributed by atoms with Gasteiger partial charge in [-0.25, -0.2) is 9.59 Å². The monoisotopic (exact) mass is 486 g/mol. The highest BCUT2D eigenvalue weighted by Gasteiger charge is 2.30. The number of benzene rings is 1. The minimum absolute atomic E-state index is 0.00855. The Morgan fingerprint density at radius 1 is 0.914 bits per heavy atom. The van der Waals surface area contributed by atoms with E-state index in [1.54, 1.807) is 0 Å². The minimum Gasteiger partial charge on any atom is -0.462 e. The molecule has 1 fully saturated rings. The number of hydrogen-bond acceptors (Lipinski definition) is 6. The molecule has 1 aliphatic rings. The van der Waals surface area contributed by atoms with E-state index < -0.39 is 25.2 Å². The summed E-state index contributed by atoms with van der Waals surface area (Å²) in [6.07, 6.45) is 7.49. The van der Waals surface area contributed by atoms with E-state index in [0.29, 0.717) is 5.92 Å². The van der Waals surface area contributed by atoms with Crippen molar-refractivity contribution in [2.75, 3.05) is 26.4 Å². The lowest BCUT2D eigenvalue weighted by atomic mass is 9.74. The smallest absolute Gasteiger partial charge is 0.335 e. The van der Waals surface area contributed by atoms with Gasteiger partial charge >= 0.3 is 11.9 Å². The van der Waals surface area contributed by atoms with Crippen LogP contribution in [0.1, 0.15) is 69.4 Å². The zero-order valence-corrected chi connectivity index (χ0v) is 21.3. The zero-order valence-electron chi connectivity index (χ0n) is 21.3. The third-order valence-corrected chi connectivity index (χ3v) is 6.95. The van der Waals surface area contributed by atoms with Crippen molar-refractivity contribution in [3.05, 3.63) is 59.7 Å². The summed E-state index contributed by atoms with van der Waals surface area (Å²) in [6, 6.07) is 9.03. The van der Waals surface area contributed by atoms with E-state index in [1.807, 2.05) is 0 Å². The minimum atomic E-state index is -0.647. The van der Waals surface area contributed by atoms with E-state index >= 15 is 0 Å². The Bertz CT molecular complexity index is 801. The van der Waals surface area contributed by atoms with Gasteiger partial charge in [0.15, 0.2) is 0 Å². The van der Waals surface area contributed by atoms with Gasteiger partial charge in [0, 0.05) is 5.92 Å².